The van der Waals surface area contributed by atoms with Crippen LogP contribution in [0.4, 0.5) is 0 Å². The summed E-state index contributed by atoms with van der Waals surface area (Å²) >= 11 is 0. The van der Waals surface area contributed by atoms with Crippen LogP contribution in [0.2, 0.25) is 0 Å². The van der Waals surface area contributed by atoms with E-state index in [0.717, 1.165) is 0 Å². The molecule has 0 unspecified atom stereocenters. The molecule has 0 aromatic heterocycles. The predicted octanol–water partition coefficient (Wildman–Crippen LogP) is -2.72. The highest BCUT2D eigenvalue weighted by Gasteiger charge is 2.29. The lowest BCUT2D eigenvalue weighted by atomic mass is 10.1. The summed E-state index contributed by atoms with van der Waals surface area (Å²) in [6, 6.07) is 0. The number of carbonyl (C=O) groups is 1. The van der Waals surface area contributed by atoms with Crippen molar-refractivity contribution in [3.8, 4) is 0 Å². The van der Waals surface area contributed by atoms with Crippen molar-refractivity contribution < 1.29 is 30.0 Å². The summed E-state index contributed by atoms with van der Waals surface area (Å²) in [7, 11) is 1.19. The van der Waals surface area contributed by atoms with Gasteiger partial charge in [0.1, 0.15) is 18.3 Å². The van der Waals surface area contributed by atoms with Gasteiger partial charge in [-0.15, -0.1) is 0 Å². The van der Waals surface area contributed by atoms with Crippen LogP contribution in [0.5, 0.6) is 0 Å². The van der Waals surface area contributed by atoms with Crippen molar-refractivity contribution in [3.05, 3.63) is 0 Å². The normalized spacial score (nSPS) is 17.9. The first-order chi connectivity index (χ1) is 6.08. The lowest BCUT2D eigenvalue weighted by Gasteiger charge is -2.18. The van der Waals surface area contributed by atoms with E-state index in [1.165, 1.54) is 7.11 Å². The minimum atomic E-state index is -1.73. The molecule has 6 nitrogen and oxygen atoms in total. The van der Waals surface area contributed by atoms with Gasteiger partial charge >= 0.3 is 0 Å². The van der Waals surface area contributed by atoms with Crippen LogP contribution in [-0.2, 0) is 9.53 Å². The van der Waals surface area contributed by atoms with Gasteiger partial charge in [-0.05, 0) is 0 Å². The molecule has 0 rings (SSSR count). The summed E-state index contributed by atoms with van der Waals surface area (Å²) in [4.78, 5) is 11.1. The smallest absolute Gasteiger partial charge is 0.194 e. The first-order valence-corrected chi connectivity index (χ1v) is 3.72. The Morgan fingerprint density at radius 2 is 1.85 bits per heavy atom. The van der Waals surface area contributed by atoms with Crippen molar-refractivity contribution in [2.45, 2.75) is 18.3 Å². The highest BCUT2D eigenvalue weighted by molar-refractivity contribution is 5.87. The Hall–Kier alpha value is -0.530. The Morgan fingerprint density at radius 3 is 2.15 bits per heavy atom. The molecule has 78 valence electrons. The van der Waals surface area contributed by atoms with Crippen LogP contribution in [0.1, 0.15) is 0 Å². The van der Waals surface area contributed by atoms with Crippen molar-refractivity contribution >= 4 is 5.78 Å². The molecule has 0 heterocycles. The summed E-state index contributed by atoms with van der Waals surface area (Å²) in [5.74, 6) is -0.855. The van der Waals surface area contributed by atoms with E-state index in [-0.39, 0.29) is 0 Å². The second kappa shape index (κ2) is 6.01. The largest absolute Gasteiger partial charge is 0.394 e. The van der Waals surface area contributed by atoms with Crippen molar-refractivity contribution in [2.75, 3.05) is 20.3 Å². The van der Waals surface area contributed by atoms with Gasteiger partial charge in [0, 0.05) is 7.11 Å². The van der Waals surface area contributed by atoms with Gasteiger partial charge < -0.3 is 25.2 Å². The van der Waals surface area contributed by atoms with E-state index in [2.05, 4.69) is 4.74 Å². The van der Waals surface area contributed by atoms with Crippen molar-refractivity contribution in [1.82, 2.24) is 0 Å². The molecule has 0 bridgehead atoms. The van der Waals surface area contributed by atoms with Crippen LogP contribution >= 0.6 is 0 Å². The van der Waals surface area contributed by atoms with Crippen LogP contribution in [0.15, 0.2) is 0 Å². The molecule has 4 N–H and O–H groups in total. The Morgan fingerprint density at radius 1 is 1.31 bits per heavy atom. The summed E-state index contributed by atoms with van der Waals surface area (Å²) in [5, 5.41) is 35.0. The molecule has 0 saturated carbocycles. The van der Waals surface area contributed by atoms with Gasteiger partial charge in [-0.25, -0.2) is 0 Å². The number of carbonyl (C=O) groups excluding carboxylic acids is 1. The third-order valence-electron chi connectivity index (χ3n) is 1.61. The van der Waals surface area contributed by atoms with E-state index >= 15 is 0 Å². The van der Waals surface area contributed by atoms with Gasteiger partial charge in [-0.1, -0.05) is 0 Å². The molecular weight excluding hydrogens is 180 g/mol. The molecule has 0 spiro atoms. The third-order valence-corrected chi connectivity index (χ3v) is 1.61. The van der Waals surface area contributed by atoms with Gasteiger partial charge in [0.25, 0.3) is 0 Å². The van der Waals surface area contributed by atoms with E-state index in [0.29, 0.717) is 0 Å². The molecule has 6 heteroatoms. The van der Waals surface area contributed by atoms with E-state index in [1.807, 2.05) is 0 Å². The maximum Gasteiger partial charge on any atom is 0.194 e. The average molecular weight is 194 g/mol. The number of aliphatic hydroxyl groups excluding tert-OH is 4. The number of Topliss-reactive ketones (excluding diaryl/α,β-unsaturated/α-hetero) is 1. The number of hydrogen-bond donors (Lipinski definition) is 4. The highest BCUT2D eigenvalue weighted by Crippen LogP contribution is 2.01. The minimum Gasteiger partial charge on any atom is -0.394 e. The van der Waals surface area contributed by atoms with Gasteiger partial charge in [0.2, 0.25) is 0 Å². The highest BCUT2D eigenvalue weighted by atomic mass is 16.5. The molecule has 3 atom stereocenters. The molecule has 0 saturated heterocycles. The summed E-state index contributed by atoms with van der Waals surface area (Å²) in [5.41, 5.74) is 0. The maximum atomic E-state index is 11.1. The van der Waals surface area contributed by atoms with E-state index < -0.39 is 37.3 Å². The Bertz CT molecular complexity index is 155. The quantitative estimate of drug-likeness (QED) is 0.366. The van der Waals surface area contributed by atoms with Gasteiger partial charge in [-0.2, -0.15) is 0 Å². The van der Waals surface area contributed by atoms with Crippen LogP contribution < -0.4 is 0 Å². The number of ketones is 1. The average Bonchev–Trinajstić information content (AvgIpc) is 2.17. The zero-order chi connectivity index (χ0) is 10.4. The van der Waals surface area contributed by atoms with Crippen LogP contribution in [0.3, 0.4) is 0 Å². The fraction of sp³-hybridized carbons (Fsp3) is 0.857. The van der Waals surface area contributed by atoms with Crippen molar-refractivity contribution in [1.29, 1.82) is 0 Å². The zero-order valence-electron chi connectivity index (χ0n) is 7.25. The zero-order valence-corrected chi connectivity index (χ0v) is 7.25. The Kier molecular flexibility index (Phi) is 5.76. The first-order valence-electron chi connectivity index (χ1n) is 3.72. The lowest BCUT2D eigenvalue weighted by Crippen LogP contribution is -2.44. The van der Waals surface area contributed by atoms with Gasteiger partial charge in [-0.3, -0.25) is 4.79 Å². The fourth-order valence-corrected chi connectivity index (χ4v) is 0.761. The number of ether oxygens (including phenoxy) is 1. The summed E-state index contributed by atoms with van der Waals surface area (Å²) in [6.45, 7) is -1.31. The second-order valence-electron chi connectivity index (χ2n) is 2.50. The molecule has 0 radical (unpaired) electrons. The fourth-order valence-electron chi connectivity index (χ4n) is 0.761. The SMILES string of the molecule is CO[C@H](CO)C(=O)[C@H](O)[C@@H](O)CO. The molecular formula is C7H14O6. The molecule has 0 amide bonds. The van der Waals surface area contributed by atoms with Crippen molar-refractivity contribution in [3.63, 3.8) is 0 Å². The summed E-state index contributed by atoms with van der Waals surface area (Å²) in [6.07, 6.45) is -4.45. The molecule has 0 fully saturated rings. The molecule has 0 aliphatic heterocycles. The minimum absolute atomic E-state index is 0.579. The molecule has 0 aliphatic rings. The lowest BCUT2D eigenvalue weighted by molar-refractivity contribution is -0.146. The standard InChI is InChI=1S/C7H14O6/c1-13-5(3-9)7(12)6(11)4(10)2-8/h4-6,8-11H,2-3H2,1H3/t4-,5+,6+/m0/s1. The Balaban J connectivity index is 4.22. The number of methoxy groups -OCH3 is 1. The van der Waals surface area contributed by atoms with Gasteiger partial charge in [0.05, 0.1) is 13.2 Å². The second-order valence-corrected chi connectivity index (χ2v) is 2.50. The number of hydrogen-bond acceptors (Lipinski definition) is 6. The van der Waals surface area contributed by atoms with Gasteiger partial charge in [0.15, 0.2) is 5.78 Å². The molecule has 0 aliphatic carbocycles. The number of rotatable bonds is 6. The first kappa shape index (κ1) is 12.5. The molecule has 0 aromatic carbocycles. The van der Waals surface area contributed by atoms with Crippen LogP contribution in [-0.4, -0.2) is 64.8 Å². The van der Waals surface area contributed by atoms with E-state index in [4.69, 9.17) is 20.4 Å². The summed E-state index contributed by atoms with van der Waals surface area (Å²) < 4.78 is 4.52. The molecule has 13 heavy (non-hydrogen) atoms. The molecule has 0 aromatic rings. The maximum absolute atomic E-state index is 11.1. The van der Waals surface area contributed by atoms with Crippen molar-refractivity contribution in [2.24, 2.45) is 0 Å². The van der Waals surface area contributed by atoms with Crippen LogP contribution in [0, 0.1) is 0 Å². The Labute approximate surface area is 75.4 Å². The third kappa shape index (κ3) is 3.37. The van der Waals surface area contributed by atoms with Crippen LogP contribution in [0.25, 0.3) is 0 Å². The topological polar surface area (TPSA) is 107 Å². The van der Waals surface area contributed by atoms with E-state index in [1.54, 1.807) is 0 Å². The number of aliphatic hydroxyl groups is 4. The monoisotopic (exact) mass is 194 g/mol. The predicted molar refractivity (Wildman–Crippen MR) is 42.0 cm³/mol. The van der Waals surface area contributed by atoms with E-state index in [9.17, 15) is 4.79 Å².